The van der Waals surface area contributed by atoms with Gasteiger partial charge in [-0.1, -0.05) is 48.0 Å². The molecular weight excluding hydrogens is 431 g/mol. The minimum atomic E-state index is -4.67. The molecule has 2 aromatic carbocycles. The Bertz CT molecular complexity index is 1100. The van der Waals surface area contributed by atoms with Crippen molar-refractivity contribution < 1.29 is 22.7 Å². The smallest absolute Gasteiger partial charge is 0.435 e. The van der Waals surface area contributed by atoms with Crippen LogP contribution in [0.15, 0.2) is 54.6 Å². The van der Waals surface area contributed by atoms with Crippen LogP contribution in [0.5, 0.6) is 5.88 Å². The number of benzene rings is 2. The van der Waals surface area contributed by atoms with Crippen LogP contribution < -0.4 is 10.1 Å². The average Bonchev–Trinajstić information content (AvgIpc) is 3.17. The van der Waals surface area contributed by atoms with E-state index in [1.54, 1.807) is 12.1 Å². The van der Waals surface area contributed by atoms with E-state index in [1.165, 1.54) is 17.7 Å². The van der Waals surface area contributed by atoms with Crippen molar-refractivity contribution in [3.05, 3.63) is 76.4 Å². The lowest BCUT2D eigenvalue weighted by molar-refractivity contribution is -0.141. The second kappa shape index (κ2) is 8.63. The average molecular weight is 450 g/mol. The molecule has 1 amide bonds. The number of nitrogens with zero attached hydrogens (tertiary/aromatic N) is 2. The number of aromatic nitrogens is 2. The van der Waals surface area contributed by atoms with Crippen molar-refractivity contribution in [1.82, 2.24) is 15.1 Å². The molecule has 0 saturated heterocycles. The first-order valence-electron chi connectivity index (χ1n) is 9.75. The molecule has 0 spiro atoms. The first-order valence-corrected chi connectivity index (χ1v) is 10.1. The largest absolute Gasteiger partial charge is 0.467 e. The first-order chi connectivity index (χ1) is 14.8. The number of alkyl halides is 3. The number of para-hydroxylation sites is 1. The Hall–Kier alpha value is -3.00. The fourth-order valence-corrected chi connectivity index (χ4v) is 3.90. The number of ether oxygens (including phenoxy) is 1. The minimum Gasteiger partial charge on any atom is -0.467 e. The molecule has 5 nitrogen and oxygen atoms in total. The Labute approximate surface area is 181 Å². The number of carbonyl (C=O) groups is 1. The Balaban J connectivity index is 1.51. The molecule has 0 radical (unpaired) electrons. The molecule has 3 aromatic rings. The van der Waals surface area contributed by atoms with Gasteiger partial charge in [-0.3, -0.25) is 4.79 Å². The van der Waals surface area contributed by atoms with Gasteiger partial charge in [0.25, 0.3) is 5.91 Å². The van der Waals surface area contributed by atoms with Crippen molar-refractivity contribution in [3.8, 4) is 11.6 Å². The quantitative estimate of drug-likeness (QED) is 0.588. The molecule has 1 aliphatic carbocycles. The number of halogens is 4. The van der Waals surface area contributed by atoms with Gasteiger partial charge in [-0.25, -0.2) is 0 Å². The van der Waals surface area contributed by atoms with Gasteiger partial charge in [-0.2, -0.15) is 23.0 Å². The van der Waals surface area contributed by atoms with Gasteiger partial charge in [0.2, 0.25) is 5.88 Å². The highest BCUT2D eigenvalue weighted by Gasteiger charge is 2.36. The Morgan fingerprint density at radius 2 is 1.94 bits per heavy atom. The predicted molar refractivity (Wildman–Crippen MR) is 109 cm³/mol. The molecular formula is C22H19ClF3N3O2. The molecule has 1 aliphatic rings. The number of nitrogens with one attached hydrogen (secondary N) is 1. The summed E-state index contributed by atoms with van der Waals surface area (Å²) in [5.74, 6) is -0.651. The Morgan fingerprint density at radius 1 is 1.19 bits per heavy atom. The Kier molecular flexibility index (Phi) is 5.91. The van der Waals surface area contributed by atoms with Gasteiger partial charge in [-0.15, -0.1) is 0 Å². The summed E-state index contributed by atoms with van der Waals surface area (Å²) in [4.78, 5) is 12.5. The molecule has 1 atom stereocenters. The summed E-state index contributed by atoms with van der Waals surface area (Å²) >= 11 is 6.12. The van der Waals surface area contributed by atoms with Crippen molar-refractivity contribution in [3.63, 3.8) is 0 Å². The van der Waals surface area contributed by atoms with Crippen LogP contribution in [0.1, 0.15) is 35.7 Å². The van der Waals surface area contributed by atoms with Crippen LogP contribution in [-0.2, 0) is 17.4 Å². The maximum Gasteiger partial charge on any atom is 0.435 e. The summed E-state index contributed by atoms with van der Waals surface area (Å²) in [6.45, 7) is -0.452. The zero-order chi connectivity index (χ0) is 22.0. The third-order valence-electron chi connectivity index (χ3n) is 5.10. The summed E-state index contributed by atoms with van der Waals surface area (Å²) < 4.78 is 46.0. The third kappa shape index (κ3) is 4.69. The minimum absolute atomic E-state index is 0.153. The zero-order valence-corrected chi connectivity index (χ0v) is 17.1. The van der Waals surface area contributed by atoms with E-state index in [9.17, 15) is 18.0 Å². The molecule has 0 fully saturated rings. The molecule has 0 aliphatic heterocycles. The summed E-state index contributed by atoms with van der Waals surface area (Å²) in [7, 11) is 0. The number of rotatable bonds is 5. The second-order valence-corrected chi connectivity index (χ2v) is 7.64. The topological polar surface area (TPSA) is 56.1 Å². The van der Waals surface area contributed by atoms with Gasteiger partial charge >= 0.3 is 6.18 Å². The van der Waals surface area contributed by atoms with E-state index in [0.717, 1.165) is 35.6 Å². The van der Waals surface area contributed by atoms with Crippen LogP contribution in [0.25, 0.3) is 5.69 Å². The van der Waals surface area contributed by atoms with Crippen molar-refractivity contribution in [2.75, 3.05) is 6.61 Å². The lowest BCUT2D eigenvalue weighted by atomic mass is 9.88. The lowest BCUT2D eigenvalue weighted by Gasteiger charge is -2.26. The number of hydrogen-bond donors (Lipinski definition) is 1. The van der Waals surface area contributed by atoms with Crippen LogP contribution in [0.4, 0.5) is 13.2 Å². The number of carbonyl (C=O) groups excluding carboxylic acids is 1. The molecule has 31 heavy (non-hydrogen) atoms. The summed E-state index contributed by atoms with van der Waals surface area (Å²) in [6, 6.07) is 14.8. The number of fused-ring (bicyclic) bond motifs is 1. The SMILES string of the molecule is O=C(COc1cc(C(F)(F)F)nn1-c1ccccc1Cl)NC1CCCc2ccccc21. The maximum atomic E-state index is 13.2. The molecule has 0 bridgehead atoms. The molecule has 1 unspecified atom stereocenters. The van der Waals surface area contributed by atoms with Gasteiger partial charge in [-0.05, 0) is 42.5 Å². The van der Waals surface area contributed by atoms with Gasteiger partial charge in [0.05, 0.1) is 16.8 Å². The van der Waals surface area contributed by atoms with Crippen LogP contribution in [0.3, 0.4) is 0 Å². The van der Waals surface area contributed by atoms with Gasteiger partial charge in [0.1, 0.15) is 0 Å². The van der Waals surface area contributed by atoms with E-state index >= 15 is 0 Å². The van der Waals surface area contributed by atoms with E-state index in [2.05, 4.69) is 10.4 Å². The number of aryl methyl sites for hydroxylation is 1. The fraction of sp³-hybridized carbons (Fsp3) is 0.273. The predicted octanol–water partition coefficient (Wildman–Crippen LogP) is 5.12. The van der Waals surface area contributed by atoms with Crippen LogP contribution in [0.2, 0.25) is 5.02 Å². The zero-order valence-electron chi connectivity index (χ0n) is 16.3. The van der Waals surface area contributed by atoms with Crippen LogP contribution in [0, 0.1) is 0 Å². The van der Waals surface area contributed by atoms with E-state index < -0.39 is 24.4 Å². The normalized spacial score (nSPS) is 15.9. The van der Waals surface area contributed by atoms with Gasteiger partial charge in [0, 0.05) is 6.07 Å². The van der Waals surface area contributed by atoms with Crippen molar-refractivity contribution in [1.29, 1.82) is 0 Å². The highest BCUT2D eigenvalue weighted by Crippen LogP contribution is 2.34. The van der Waals surface area contributed by atoms with Crippen molar-refractivity contribution in [2.24, 2.45) is 0 Å². The number of hydrogen-bond acceptors (Lipinski definition) is 3. The lowest BCUT2D eigenvalue weighted by Crippen LogP contribution is -2.34. The van der Waals surface area contributed by atoms with E-state index in [0.29, 0.717) is 0 Å². The second-order valence-electron chi connectivity index (χ2n) is 7.23. The van der Waals surface area contributed by atoms with Crippen molar-refractivity contribution in [2.45, 2.75) is 31.5 Å². The summed E-state index contributed by atoms with van der Waals surface area (Å²) in [6.07, 6.45) is -1.98. The monoisotopic (exact) mass is 449 g/mol. The third-order valence-corrected chi connectivity index (χ3v) is 5.42. The summed E-state index contributed by atoms with van der Waals surface area (Å²) in [5.41, 5.74) is 1.33. The molecule has 1 aromatic heterocycles. The standard InChI is InChI=1S/C22H19ClF3N3O2/c23-16-9-3-4-11-18(16)29-21(12-19(28-29)22(24,25)26)31-13-20(30)27-17-10-5-7-14-6-1-2-8-15(14)17/h1-4,6,8-9,11-12,17H,5,7,10,13H2,(H,27,30). The van der Waals surface area contributed by atoms with Gasteiger partial charge in [0.15, 0.2) is 12.3 Å². The van der Waals surface area contributed by atoms with Crippen molar-refractivity contribution >= 4 is 17.5 Å². The first kappa shape index (κ1) is 21.2. The molecule has 162 valence electrons. The maximum absolute atomic E-state index is 13.2. The molecule has 1 N–H and O–H groups in total. The van der Waals surface area contributed by atoms with E-state index in [-0.39, 0.29) is 22.6 Å². The van der Waals surface area contributed by atoms with E-state index in [4.69, 9.17) is 16.3 Å². The number of amides is 1. The molecule has 0 saturated carbocycles. The van der Waals surface area contributed by atoms with Gasteiger partial charge < -0.3 is 10.1 Å². The highest BCUT2D eigenvalue weighted by atomic mass is 35.5. The molecule has 9 heteroatoms. The van der Waals surface area contributed by atoms with E-state index in [1.807, 2.05) is 24.3 Å². The molecule has 4 rings (SSSR count). The Morgan fingerprint density at radius 3 is 2.71 bits per heavy atom. The summed E-state index contributed by atoms with van der Waals surface area (Å²) in [5, 5.41) is 6.70. The van der Waals surface area contributed by atoms with Crippen LogP contribution in [-0.4, -0.2) is 22.3 Å². The highest BCUT2D eigenvalue weighted by molar-refractivity contribution is 6.32. The van der Waals surface area contributed by atoms with Crippen LogP contribution >= 0.6 is 11.6 Å². The fourth-order valence-electron chi connectivity index (χ4n) is 3.68. The molecule has 1 heterocycles.